The Morgan fingerprint density at radius 2 is 2.24 bits per heavy atom. The van der Waals surface area contributed by atoms with Crippen molar-refractivity contribution in [3.8, 4) is 0 Å². The molecule has 0 saturated carbocycles. The molecule has 0 aliphatic heterocycles. The summed E-state index contributed by atoms with van der Waals surface area (Å²) in [5.74, 6) is -1.13. The fraction of sp³-hybridized carbons (Fsp3) is 0.417. The van der Waals surface area contributed by atoms with E-state index in [9.17, 15) is 9.18 Å². The first-order chi connectivity index (χ1) is 7.93. The molecule has 17 heavy (non-hydrogen) atoms. The molecule has 1 aromatic rings. The average molecular weight is 323 g/mol. The van der Waals surface area contributed by atoms with Gasteiger partial charge in [0, 0.05) is 10.9 Å². The van der Waals surface area contributed by atoms with E-state index in [1.165, 1.54) is 12.1 Å². The number of hydrogen-bond acceptors (Lipinski definition) is 1. The second-order valence-corrected chi connectivity index (χ2v) is 5.07. The molecule has 1 rings (SSSR count). The van der Waals surface area contributed by atoms with Crippen LogP contribution in [0.25, 0.3) is 0 Å². The summed E-state index contributed by atoms with van der Waals surface area (Å²) in [5.41, 5.74) is -0.426. The molecular weight excluding hydrogens is 308 g/mol. The molecule has 0 radical (unpaired) electrons. The molecule has 94 valence electrons. The minimum absolute atomic E-state index is 0.0295. The number of carbonyl (C=O) groups excluding carboxylic acids is 1. The summed E-state index contributed by atoms with van der Waals surface area (Å²) in [7, 11) is 0. The zero-order valence-corrected chi connectivity index (χ0v) is 12.0. The van der Waals surface area contributed by atoms with Gasteiger partial charge in [0.25, 0.3) is 5.91 Å². The Labute approximate surface area is 114 Å². The van der Waals surface area contributed by atoms with Gasteiger partial charge in [0.1, 0.15) is 0 Å². The number of halogens is 3. The van der Waals surface area contributed by atoms with Gasteiger partial charge in [0.05, 0.1) is 10.6 Å². The summed E-state index contributed by atoms with van der Waals surface area (Å²) in [6.45, 7) is 3.85. The molecule has 1 aromatic carbocycles. The van der Waals surface area contributed by atoms with Crippen molar-refractivity contribution in [3.63, 3.8) is 0 Å². The number of benzene rings is 1. The Balaban J connectivity index is 2.94. The summed E-state index contributed by atoms with van der Waals surface area (Å²) in [4.78, 5) is 11.9. The van der Waals surface area contributed by atoms with Crippen LogP contribution in [0.15, 0.2) is 18.2 Å². The third-order valence-electron chi connectivity index (χ3n) is 2.69. The van der Waals surface area contributed by atoms with Crippen LogP contribution in [0.4, 0.5) is 4.39 Å². The van der Waals surface area contributed by atoms with Gasteiger partial charge in [-0.25, -0.2) is 4.39 Å². The monoisotopic (exact) mass is 321 g/mol. The lowest BCUT2D eigenvalue weighted by Gasteiger charge is -2.27. The topological polar surface area (TPSA) is 29.1 Å². The van der Waals surface area contributed by atoms with E-state index in [4.69, 9.17) is 11.6 Å². The molecule has 0 aliphatic rings. The Bertz CT molecular complexity index is 421. The quantitative estimate of drug-likeness (QED) is 0.840. The fourth-order valence-corrected chi connectivity index (χ4v) is 1.95. The largest absolute Gasteiger partial charge is 0.346 e. The van der Waals surface area contributed by atoms with Gasteiger partial charge in [-0.1, -0.05) is 40.5 Å². The number of nitrogens with one attached hydrogen (secondary N) is 1. The van der Waals surface area contributed by atoms with Crippen LogP contribution in [-0.2, 0) is 0 Å². The molecule has 1 unspecified atom stereocenters. The smallest absolute Gasteiger partial charge is 0.254 e. The van der Waals surface area contributed by atoms with Crippen LogP contribution in [0.1, 0.15) is 30.6 Å². The molecular formula is C12H14BrClFNO. The van der Waals surface area contributed by atoms with E-state index in [2.05, 4.69) is 21.2 Å². The normalized spacial score (nSPS) is 14.2. The maximum absolute atomic E-state index is 13.6. The van der Waals surface area contributed by atoms with Gasteiger partial charge >= 0.3 is 0 Å². The zero-order chi connectivity index (χ0) is 13.1. The first-order valence-corrected chi connectivity index (χ1v) is 6.76. The molecule has 0 aromatic heterocycles. The number of alkyl halides is 1. The molecule has 0 fully saturated rings. The summed E-state index contributed by atoms with van der Waals surface area (Å²) in [6, 6.07) is 4.38. The minimum Gasteiger partial charge on any atom is -0.346 e. The Kier molecular flexibility index (Phi) is 4.95. The van der Waals surface area contributed by atoms with E-state index in [0.717, 1.165) is 6.42 Å². The highest BCUT2D eigenvalue weighted by Crippen LogP contribution is 2.19. The van der Waals surface area contributed by atoms with E-state index in [1.807, 2.05) is 13.8 Å². The predicted octanol–water partition coefficient (Wildman–Crippen LogP) is 3.77. The lowest BCUT2D eigenvalue weighted by atomic mass is 10.0. The molecule has 1 atom stereocenters. The molecule has 0 aliphatic carbocycles. The minimum atomic E-state index is -0.681. The van der Waals surface area contributed by atoms with Crippen molar-refractivity contribution in [2.45, 2.75) is 25.8 Å². The molecule has 1 amide bonds. The molecule has 0 bridgehead atoms. The van der Waals surface area contributed by atoms with E-state index in [-0.39, 0.29) is 10.6 Å². The van der Waals surface area contributed by atoms with E-state index in [0.29, 0.717) is 5.33 Å². The highest BCUT2D eigenvalue weighted by molar-refractivity contribution is 9.09. The molecule has 0 heterocycles. The summed E-state index contributed by atoms with van der Waals surface area (Å²) in [5, 5.41) is 3.35. The van der Waals surface area contributed by atoms with Crippen LogP contribution in [0.5, 0.6) is 0 Å². The molecule has 2 nitrogen and oxygen atoms in total. The van der Waals surface area contributed by atoms with Crippen molar-refractivity contribution >= 4 is 33.4 Å². The number of hydrogen-bond donors (Lipinski definition) is 1. The van der Waals surface area contributed by atoms with Gasteiger partial charge in [-0.3, -0.25) is 4.79 Å². The highest BCUT2D eigenvalue weighted by Gasteiger charge is 2.25. The Hall–Kier alpha value is -0.610. The van der Waals surface area contributed by atoms with Crippen LogP contribution in [0.2, 0.25) is 5.02 Å². The molecule has 0 spiro atoms. The predicted molar refractivity (Wildman–Crippen MR) is 71.4 cm³/mol. The Morgan fingerprint density at radius 3 is 2.76 bits per heavy atom. The number of rotatable bonds is 4. The van der Waals surface area contributed by atoms with Crippen LogP contribution >= 0.6 is 27.5 Å². The Morgan fingerprint density at radius 1 is 1.59 bits per heavy atom. The lowest BCUT2D eigenvalue weighted by Crippen LogP contribution is -2.47. The average Bonchev–Trinajstić information content (AvgIpc) is 2.32. The standard InChI is InChI=1S/C12H14BrClFNO/c1-3-12(2,7-13)16-11(17)8-5-4-6-9(14)10(8)15/h4-6H,3,7H2,1-2H3,(H,16,17). The third kappa shape index (κ3) is 3.42. The lowest BCUT2D eigenvalue weighted by molar-refractivity contribution is 0.0909. The van der Waals surface area contributed by atoms with Gasteiger partial charge in [-0.15, -0.1) is 0 Å². The van der Waals surface area contributed by atoms with Crippen LogP contribution in [0, 0.1) is 5.82 Å². The second kappa shape index (κ2) is 5.83. The summed E-state index contributed by atoms with van der Waals surface area (Å²) >= 11 is 8.96. The van der Waals surface area contributed by atoms with E-state index in [1.54, 1.807) is 6.07 Å². The first kappa shape index (κ1) is 14.5. The maximum atomic E-state index is 13.6. The third-order valence-corrected chi connectivity index (χ3v) is 4.22. The van der Waals surface area contributed by atoms with Gasteiger partial charge in [-0.2, -0.15) is 0 Å². The van der Waals surface area contributed by atoms with Gasteiger partial charge in [0.2, 0.25) is 0 Å². The van der Waals surface area contributed by atoms with Crippen LogP contribution < -0.4 is 5.32 Å². The van der Waals surface area contributed by atoms with Gasteiger partial charge in [-0.05, 0) is 25.5 Å². The SMILES string of the molecule is CCC(C)(CBr)NC(=O)c1cccc(Cl)c1F. The van der Waals surface area contributed by atoms with Crippen molar-refractivity contribution in [2.75, 3.05) is 5.33 Å². The van der Waals surface area contributed by atoms with Crippen LogP contribution in [0.3, 0.4) is 0 Å². The van der Waals surface area contributed by atoms with Crippen molar-refractivity contribution in [2.24, 2.45) is 0 Å². The van der Waals surface area contributed by atoms with Crippen molar-refractivity contribution in [1.82, 2.24) is 5.32 Å². The van der Waals surface area contributed by atoms with Gasteiger partial charge in [0.15, 0.2) is 5.82 Å². The molecule has 5 heteroatoms. The first-order valence-electron chi connectivity index (χ1n) is 5.26. The van der Waals surface area contributed by atoms with Crippen molar-refractivity contribution < 1.29 is 9.18 Å². The van der Waals surface area contributed by atoms with Crippen molar-refractivity contribution in [1.29, 1.82) is 0 Å². The van der Waals surface area contributed by atoms with Gasteiger partial charge < -0.3 is 5.32 Å². The molecule has 0 saturated heterocycles. The number of amides is 1. The second-order valence-electron chi connectivity index (χ2n) is 4.10. The maximum Gasteiger partial charge on any atom is 0.254 e. The van der Waals surface area contributed by atoms with Crippen LogP contribution in [-0.4, -0.2) is 16.8 Å². The highest BCUT2D eigenvalue weighted by atomic mass is 79.9. The molecule has 1 N–H and O–H groups in total. The van der Waals surface area contributed by atoms with Crippen molar-refractivity contribution in [3.05, 3.63) is 34.6 Å². The fourth-order valence-electron chi connectivity index (χ4n) is 1.24. The summed E-state index contributed by atoms with van der Waals surface area (Å²) in [6.07, 6.45) is 0.742. The van der Waals surface area contributed by atoms with E-state index < -0.39 is 17.3 Å². The van der Waals surface area contributed by atoms with E-state index >= 15 is 0 Å². The summed E-state index contributed by atoms with van der Waals surface area (Å²) < 4.78 is 13.6. The zero-order valence-electron chi connectivity index (χ0n) is 9.69. The number of carbonyl (C=O) groups is 1.